The Balaban J connectivity index is 2.08. The number of carbonyl (C=O) groups excluding carboxylic acids is 1. The number of amides is 1. The average Bonchev–Trinajstić information content (AvgIpc) is 2.78. The van der Waals surface area contributed by atoms with Gasteiger partial charge < -0.3 is 19.9 Å². The summed E-state index contributed by atoms with van der Waals surface area (Å²) in [6.07, 6.45) is 0.296. The van der Waals surface area contributed by atoms with E-state index >= 15 is 0 Å². The molecule has 0 saturated carbocycles. The van der Waals surface area contributed by atoms with Gasteiger partial charge in [-0.15, -0.1) is 6.58 Å². The van der Waals surface area contributed by atoms with Crippen molar-refractivity contribution in [1.82, 2.24) is 5.32 Å². The third-order valence-electron chi connectivity index (χ3n) is 2.83. The van der Waals surface area contributed by atoms with Crippen LogP contribution in [0.1, 0.15) is 6.92 Å². The first-order chi connectivity index (χ1) is 8.63. The van der Waals surface area contributed by atoms with Crippen LogP contribution in [0.2, 0.25) is 0 Å². The van der Waals surface area contributed by atoms with Gasteiger partial charge in [0, 0.05) is 12.7 Å². The van der Waals surface area contributed by atoms with E-state index in [2.05, 4.69) is 11.9 Å². The fourth-order valence-electron chi connectivity index (χ4n) is 2.05. The van der Waals surface area contributed by atoms with Gasteiger partial charge >= 0.3 is 0 Å². The van der Waals surface area contributed by atoms with E-state index in [0.29, 0.717) is 6.61 Å². The molecule has 2 heterocycles. The molecule has 0 spiro atoms. The highest BCUT2D eigenvalue weighted by Gasteiger charge is 2.48. The highest BCUT2D eigenvalue weighted by atomic mass is 33.1. The Hall–Kier alpha value is -0.210. The van der Waals surface area contributed by atoms with Gasteiger partial charge in [0.25, 0.3) is 0 Å². The molecule has 1 amide bonds. The van der Waals surface area contributed by atoms with Crippen LogP contribution in [-0.4, -0.2) is 53.2 Å². The molecule has 2 fully saturated rings. The molecule has 18 heavy (non-hydrogen) atoms. The number of hydrogen-bond acceptors (Lipinski definition) is 6. The number of nitrogens with one attached hydrogen (secondary N) is 1. The van der Waals surface area contributed by atoms with Gasteiger partial charge in [0.2, 0.25) is 5.91 Å². The van der Waals surface area contributed by atoms with Gasteiger partial charge in [0.15, 0.2) is 6.29 Å². The summed E-state index contributed by atoms with van der Waals surface area (Å²) in [5, 5.41) is 13.0. The van der Waals surface area contributed by atoms with Crippen molar-refractivity contribution < 1.29 is 19.4 Å². The largest absolute Gasteiger partial charge is 0.389 e. The molecule has 0 bridgehead atoms. The first-order valence-electron chi connectivity index (χ1n) is 5.75. The van der Waals surface area contributed by atoms with Crippen LogP contribution in [0.15, 0.2) is 12.7 Å². The number of fused-ring (bicyclic) bond motifs is 1. The Bertz CT molecular complexity index is 328. The molecule has 0 aromatic rings. The van der Waals surface area contributed by atoms with Gasteiger partial charge in [0.1, 0.15) is 6.04 Å². The topological polar surface area (TPSA) is 67.8 Å². The van der Waals surface area contributed by atoms with E-state index in [4.69, 9.17) is 9.47 Å². The second-order valence-electron chi connectivity index (χ2n) is 4.23. The fraction of sp³-hybridized carbons (Fsp3) is 0.727. The zero-order valence-corrected chi connectivity index (χ0v) is 11.7. The lowest BCUT2D eigenvalue weighted by molar-refractivity contribution is -0.218. The van der Waals surface area contributed by atoms with Crippen LogP contribution in [0.25, 0.3) is 0 Å². The quantitative estimate of drug-likeness (QED) is 0.582. The summed E-state index contributed by atoms with van der Waals surface area (Å²) < 4.78 is 11.3. The molecule has 5 atom stereocenters. The second kappa shape index (κ2) is 6.29. The molecule has 2 aliphatic heterocycles. The molecule has 0 aromatic carbocycles. The highest BCUT2D eigenvalue weighted by molar-refractivity contribution is 8.77. The Morgan fingerprint density at radius 1 is 1.72 bits per heavy atom. The van der Waals surface area contributed by atoms with Crippen LogP contribution in [-0.2, 0) is 14.3 Å². The van der Waals surface area contributed by atoms with Crippen molar-refractivity contribution in [2.24, 2.45) is 0 Å². The number of aliphatic hydroxyl groups excluding tert-OH is 1. The van der Waals surface area contributed by atoms with Crippen molar-refractivity contribution in [3.05, 3.63) is 12.7 Å². The molecule has 2 N–H and O–H groups in total. The summed E-state index contributed by atoms with van der Waals surface area (Å²) in [5.74, 6) is 0.622. The number of hydrogen-bond donors (Lipinski definition) is 2. The van der Waals surface area contributed by atoms with Crippen LogP contribution in [0.5, 0.6) is 0 Å². The predicted molar refractivity (Wildman–Crippen MR) is 72.3 cm³/mol. The van der Waals surface area contributed by atoms with Crippen molar-refractivity contribution >= 4 is 27.5 Å². The van der Waals surface area contributed by atoms with Crippen LogP contribution in [0, 0.1) is 0 Å². The average molecular weight is 291 g/mol. The van der Waals surface area contributed by atoms with E-state index < -0.39 is 18.4 Å². The summed E-state index contributed by atoms with van der Waals surface area (Å²) >= 11 is 0. The molecule has 5 nitrogen and oxygen atoms in total. The molecule has 0 radical (unpaired) electrons. The molecular weight excluding hydrogens is 274 g/mol. The predicted octanol–water partition coefficient (Wildman–Crippen LogP) is 0.543. The number of carbonyl (C=O) groups is 1. The van der Waals surface area contributed by atoms with E-state index in [1.165, 1.54) is 6.92 Å². The Kier molecular flexibility index (Phi) is 4.97. The summed E-state index contributed by atoms with van der Waals surface area (Å²) in [7, 11) is 3.28. The molecule has 102 valence electrons. The third kappa shape index (κ3) is 3.03. The molecule has 2 rings (SSSR count). The molecule has 2 saturated heterocycles. The molecule has 0 aliphatic carbocycles. The third-order valence-corrected chi connectivity index (χ3v) is 5.72. The fourth-order valence-corrected chi connectivity index (χ4v) is 5.22. The normalized spacial score (nSPS) is 39.1. The maximum absolute atomic E-state index is 11.2. The van der Waals surface area contributed by atoms with Gasteiger partial charge in [-0.1, -0.05) is 27.7 Å². The monoisotopic (exact) mass is 291 g/mol. The minimum Gasteiger partial charge on any atom is -0.389 e. The maximum atomic E-state index is 11.2. The summed E-state index contributed by atoms with van der Waals surface area (Å²) in [6.45, 7) is 5.32. The SMILES string of the molecule is C=CCO[C@H]1O[C@@H]2CSS[C@@H]2[C@H](O)[C@H]1NC(C)=O. The van der Waals surface area contributed by atoms with Crippen molar-refractivity contribution in [2.45, 2.75) is 36.7 Å². The standard InChI is InChI=1S/C11H17NO4S2/c1-3-4-15-11-8(12-6(2)13)9(14)10-7(16-11)5-17-18-10/h3,7-11,14H,1,4-5H2,2H3,(H,12,13)/t7-,8-,9-,10+,11+/m1/s1. The van der Waals surface area contributed by atoms with Crippen molar-refractivity contribution in [3.63, 3.8) is 0 Å². The maximum Gasteiger partial charge on any atom is 0.217 e. The van der Waals surface area contributed by atoms with E-state index in [9.17, 15) is 9.90 Å². The van der Waals surface area contributed by atoms with Crippen molar-refractivity contribution in [2.75, 3.05) is 12.4 Å². The number of ether oxygens (including phenoxy) is 2. The first kappa shape index (κ1) is 14.2. The van der Waals surface area contributed by atoms with E-state index in [1.807, 2.05) is 0 Å². The van der Waals surface area contributed by atoms with Crippen LogP contribution >= 0.6 is 21.6 Å². The molecule has 0 unspecified atom stereocenters. The lowest BCUT2D eigenvalue weighted by Gasteiger charge is -2.41. The van der Waals surface area contributed by atoms with Gasteiger partial charge in [-0.2, -0.15) is 0 Å². The van der Waals surface area contributed by atoms with Crippen LogP contribution in [0.4, 0.5) is 0 Å². The van der Waals surface area contributed by atoms with Crippen molar-refractivity contribution in [1.29, 1.82) is 0 Å². The minimum atomic E-state index is -0.664. The first-order valence-corrected chi connectivity index (χ1v) is 8.13. The van der Waals surface area contributed by atoms with Crippen LogP contribution < -0.4 is 5.32 Å². The summed E-state index contributed by atoms with van der Waals surface area (Å²) in [5.41, 5.74) is 0. The molecular formula is C11H17NO4S2. The molecule has 7 heteroatoms. The van der Waals surface area contributed by atoms with E-state index in [1.54, 1.807) is 27.7 Å². The minimum absolute atomic E-state index is 0.0181. The summed E-state index contributed by atoms with van der Waals surface area (Å²) in [6, 6.07) is -0.533. The smallest absolute Gasteiger partial charge is 0.217 e. The molecule has 2 aliphatic rings. The van der Waals surface area contributed by atoms with Crippen molar-refractivity contribution in [3.8, 4) is 0 Å². The van der Waals surface area contributed by atoms with Gasteiger partial charge in [-0.05, 0) is 0 Å². The zero-order valence-electron chi connectivity index (χ0n) is 10.1. The lowest BCUT2D eigenvalue weighted by Crippen LogP contribution is -2.62. The second-order valence-corrected chi connectivity index (χ2v) is 6.82. The van der Waals surface area contributed by atoms with Gasteiger partial charge in [0.05, 0.1) is 24.1 Å². The molecule has 0 aromatic heterocycles. The highest BCUT2D eigenvalue weighted by Crippen LogP contribution is 2.45. The van der Waals surface area contributed by atoms with E-state index in [0.717, 1.165) is 5.75 Å². The van der Waals surface area contributed by atoms with Gasteiger partial charge in [-0.3, -0.25) is 4.79 Å². The Morgan fingerprint density at radius 2 is 2.50 bits per heavy atom. The number of aliphatic hydroxyl groups is 1. The number of rotatable bonds is 4. The zero-order chi connectivity index (χ0) is 13.1. The van der Waals surface area contributed by atoms with Gasteiger partial charge in [-0.25, -0.2) is 0 Å². The Morgan fingerprint density at radius 3 is 3.17 bits per heavy atom. The Labute approximate surface area is 114 Å². The summed E-state index contributed by atoms with van der Waals surface area (Å²) in [4.78, 5) is 11.2. The van der Waals surface area contributed by atoms with Crippen LogP contribution in [0.3, 0.4) is 0 Å². The van der Waals surface area contributed by atoms with E-state index in [-0.39, 0.29) is 17.3 Å². The lowest BCUT2D eigenvalue weighted by atomic mass is 10.00.